The van der Waals surface area contributed by atoms with Crippen LogP contribution in [0, 0.1) is 0 Å². The molecule has 0 saturated heterocycles. The number of halogens is 3. The van der Waals surface area contributed by atoms with Crippen molar-refractivity contribution in [1.82, 2.24) is 0 Å². The average Bonchev–Trinajstić information content (AvgIpc) is 2.03. The number of rotatable bonds is 1. The predicted octanol–water partition coefficient (Wildman–Crippen LogP) is 2.55. The molecule has 0 fully saturated rings. The van der Waals surface area contributed by atoms with E-state index in [1.165, 1.54) is 12.1 Å². The van der Waals surface area contributed by atoms with E-state index in [4.69, 9.17) is 2.81 Å². The summed E-state index contributed by atoms with van der Waals surface area (Å²) in [6.07, 6.45) is -4.29. The Bertz CT molecular complexity index is 272. The van der Waals surface area contributed by atoms with Crippen molar-refractivity contribution in [3.8, 4) is 5.75 Å². The number of benzene rings is 1. The van der Waals surface area contributed by atoms with Crippen molar-refractivity contribution in [2.45, 2.75) is 6.18 Å². The molecule has 63 valence electrons. The molecule has 0 saturated carbocycles. The molecule has 0 bridgehead atoms. The van der Waals surface area contributed by atoms with Gasteiger partial charge in [0.1, 0.15) is 0 Å². The Labute approximate surface area is 83.0 Å². The van der Waals surface area contributed by atoms with Crippen LogP contribution >= 0.6 is 0 Å². The zero-order valence-electron chi connectivity index (χ0n) is 5.85. The van der Waals surface area contributed by atoms with E-state index >= 15 is 0 Å². The van der Waals surface area contributed by atoms with Crippen LogP contribution in [0.25, 0.3) is 0 Å². The summed E-state index contributed by atoms with van der Waals surface area (Å²) in [5.74, 6) is 0.253. The Kier molecular flexibility index (Phi) is 2.94. The van der Waals surface area contributed by atoms with Crippen LogP contribution in [0.5, 0.6) is 5.75 Å². The van der Waals surface area contributed by atoms with Crippen LogP contribution in [-0.4, -0.2) is 0 Å². The minimum absolute atomic E-state index is 0.253. The average molecular weight is 252 g/mol. The fourth-order valence-corrected chi connectivity index (χ4v) is 1.05. The molecule has 0 N–H and O–H groups in total. The molecule has 0 aliphatic heterocycles. The molecule has 0 radical (unpaired) electrons. The van der Waals surface area contributed by atoms with Crippen molar-refractivity contribution in [1.29, 1.82) is 0 Å². The van der Waals surface area contributed by atoms with Gasteiger partial charge in [-0.2, -0.15) is 0 Å². The number of hydrogen-bond donors (Lipinski definition) is 0. The van der Waals surface area contributed by atoms with Crippen molar-refractivity contribution in [2.24, 2.45) is 0 Å². The second kappa shape index (κ2) is 3.61. The molecular formula is C7H4F3OZr. The molecule has 0 amide bonds. The van der Waals surface area contributed by atoms with Gasteiger partial charge in [0.05, 0.1) is 0 Å². The summed E-state index contributed by atoms with van der Waals surface area (Å²) in [6.45, 7) is 0. The molecule has 0 unspecified atom stereocenters. The Morgan fingerprint density at radius 1 is 1.25 bits per heavy atom. The van der Waals surface area contributed by atoms with Gasteiger partial charge in [-0.05, 0) is 0 Å². The van der Waals surface area contributed by atoms with E-state index in [2.05, 4.69) is 0 Å². The van der Waals surface area contributed by atoms with E-state index in [1.54, 1.807) is 0 Å². The van der Waals surface area contributed by atoms with Gasteiger partial charge in [0.2, 0.25) is 0 Å². The summed E-state index contributed by atoms with van der Waals surface area (Å²) < 4.78 is 40.9. The molecule has 1 aromatic carbocycles. The summed E-state index contributed by atoms with van der Waals surface area (Å²) in [7, 11) is 0. The van der Waals surface area contributed by atoms with Crippen LogP contribution in [0.3, 0.4) is 0 Å². The van der Waals surface area contributed by atoms with Gasteiger partial charge in [0.15, 0.2) is 0 Å². The van der Waals surface area contributed by atoms with Gasteiger partial charge in [-0.15, -0.1) is 0 Å². The van der Waals surface area contributed by atoms with Crippen molar-refractivity contribution >= 4 is 0 Å². The molecular weight excluding hydrogens is 248 g/mol. The van der Waals surface area contributed by atoms with Crippen LogP contribution in [0.15, 0.2) is 24.3 Å². The summed E-state index contributed by atoms with van der Waals surface area (Å²) in [6, 6.07) is 4.80. The number of hydrogen-bond acceptors (Lipinski definition) is 1. The number of alkyl halides is 3. The van der Waals surface area contributed by atoms with Crippen LogP contribution in [-0.2, 0) is 31.3 Å². The van der Waals surface area contributed by atoms with Crippen LogP contribution < -0.4 is 2.81 Å². The third-order valence-corrected chi connectivity index (χ3v) is 1.86. The topological polar surface area (TPSA) is 9.23 Å². The standard InChI is InChI=1S/C7H5F3O.Zr/c8-7(9,10)5-2-1-3-6(11)4-5;/h1-4,11H;/q;+1/p-1. The third-order valence-electron chi connectivity index (χ3n) is 1.28. The molecule has 1 rings (SSSR count). The van der Waals surface area contributed by atoms with Gasteiger partial charge in [0, 0.05) is 0 Å². The fourth-order valence-electron chi connectivity index (χ4n) is 0.736. The molecule has 0 atom stereocenters. The van der Waals surface area contributed by atoms with Crippen molar-refractivity contribution in [2.75, 3.05) is 0 Å². The first-order valence-corrected chi connectivity index (χ1v) is 4.05. The molecule has 1 aromatic rings. The summed E-state index contributed by atoms with van der Waals surface area (Å²) in [4.78, 5) is 0. The molecule has 0 spiro atoms. The van der Waals surface area contributed by atoms with Crippen molar-refractivity contribution < 1.29 is 41.1 Å². The van der Waals surface area contributed by atoms with E-state index < -0.39 is 11.7 Å². The Balaban J connectivity index is 3.02. The Morgan fingerprint density at radius 3 is 2.42 bits per heavy atom. The van der Waals surface area contributed by atoms with E-state index in [0.717, 1.165) is 37.3 Å². The molecule has 5 heteroatoms. The Hall–Kier alpha value is -0.307. The van der Waals surface area contributed by atoms with Crippen LogP contribution in [0.2, 0.25) is 0 Å². The van der Waals surface area contributed by atoms with Gasteiger partial charge < -0.3 is 0 Å². The Morgan fingerprint density at radius 2 is 1.92 bits per heavy atom. The second-order valence-corrected chi connectivity index (χ2v) is 2.63. The van der Waals surface area contributed by atoms with Crippen LogP contribution in [0.4, 0.5) is 13.2 Å². The summed E-state index contributed by atoms with van der Waals surface area (Å²) >= 11 is 0.723. The quantitative estimate of drug-likeness (QED) is 0.746. The normalized spacial score (nSPS) is 11.2. The van der Waals surface area contributed by atoms with Gasteiger partial charge >= 0.3 is 82.9 Å². The van der Waals surface area contributed by atoms with E-state index in [0.29, 0.717) is 0 Å². The zero-order chi connectivity index (χ0) is 9.19. The fraction of sp³-hybridized carbons (Fsp3) is 0.143. The predicted molar refractivity (Wildman–Crippen MR) is 32.1 cm³/mol. The molecule has 0 aliphatic carbocycles. The van der Waals surface area contributed by atoms with E-state index in [-0.39, 0.29) is 5.75 Å². The van der Waals surface area contributed by atoms with Gasteiger partial charge in [-0.1, -0.05) is 0 Å². The van der Waals surface area contributed by atoms with E-state index in [9.17, 15) is 13.2 Å². The maximum absolute atomic E-state index is 12.1. The van der Waals surface area contributed by atoms with Gasteiger partial charge in [-0.3, -0.25) is 0 Å². The first-order valence-electron chi connectivity index (χ1n) is 3.05. The van der Waals surface area contributed by atoms with Crippen molar-refractivity contribution in [3.05, 3.63) is 29.8 Å². The van der Waals surface area contributed by atoms with Crippen molar-refractivity contribution in [3.63, 3.8) is 0 Å². The third kappa shape index (κ3) is 2.34. The molecule has 0 aromatic heterocycles. The zero-order valence-corrected chi connectivity index (χ0v) is 8.31. The second-order valence-electron chi connectivity index (χ2n) is 2.13. The minimum atomic E-state index is -4.29. The maximum atomic E-state index is 12.1. The first kappa shape index (κ1) is 9.78. The van der Waals surface area contributed by atoms with Gasteiger partial charge in [0.25, 0.3) is 0 Å². The summed E-state index contributed by atoms with van der Waals surface area (Å²) in [5.41, 5.74) is -0.678. The van der Waals surface area contributed by atoms with E-state index in [1.807, 2.05) is 0 Å². The molecule has 0 aliphatic rings. The molecule has 12 heavy (non-hydrogen) atoms. The molecule has 1 nitrogen and oxygen atoms in total. The summed E-state index contributed by atoms with van der Waals surface area (Å²) in [5, 5.41) is 0. The van der Waals surface area contributed by atoms with Gasteiger partial charge in [-0.25, -0.2) is 0 Å². The monoisotopic (exact) mass is 251 g/mol. The first-order chi connectivity index (χ1) is 5.54. The SMILES string of the molecule is FC(F)(F)c1cccc([O][Zr])c1. The molecule has 0 heterocycles. The van der Waals surface area contributed by atoms with Crippen LogP contribution in [0.1, 0.15) is 5.56 Å².